The van der Waals surface area contributed by atoms with Crippen molar-refractivity contribution in [3.8, 4) is 11.5 Å². The van der Waals surface area contributed by atoms with Crippen LogP contribution in [0.25, 0.3) is 0 Å². The predicted molar refractivity (Wildman–Crippen MR) is 97.3 cm³/mol. The maximum absolute atomic E-state index is 12.1. The molecule has 10 heteroatoms. The third-order valence-corrected chi connectivity index (χ3v) is 4.92. The van der Waals surface area contributed by atoms with Crippen LogP contribution in [0.2, 0.25) is 0 Å². The number of unbranched alkanes of at least 4 members (excludes halogenated alkanes) is 2. The van der Waals surface area contributed by atoms with E-state index in [0.29, 0.717) is 22.2 Å². The minimum atomic E-state index is -3.79. The average molecular weight is 400 g/mol. The molecular formula is C17H24N2O7S. The van der Waals surface area contributed by atoms with Crippen LogP contribution in [0.4, 0.5) is 9.59 Å². The Morgan fingerprint density at radius 2 is 1.96 bits per heavy atom. The second kappa shape index (κ2) is 9.45. The summed E-state index contributed by atoms with van der Waals surface area (Å²) in [6.07, 6.45) is 1.48. The highest BCUT2D eigenvalue weighted by Crippen LogP contribution is 2.30. The highest BCUT2D eigenvalue weighted by atomic mass is 32.2. The molecule has 0 aliphatic carbocycles. The summed E-state index contributed by atoms with van der Waals surface area (Å²) in [6, 6.07) is 6.05. The number of fused-ring (bicyclic) bond motifs is 1. The number of para-hydroxylation sites is 2. The van der Waals surface area contributed by atoms with Crippen LogP contribution >= 0.6 is 0 Å². The maximum Gasteiger partial charge on any atom is 0.415 e. The van der Waals surface area contributed by atoms with Gasteiger partial charge < -0.3 is 14.2 Å². The number of sulfonamides is 1. The van der Waals surface area contributed by atoms with Crippen LogP contribution < -0.4 is 14.8 Å². The number of amides is 3. The number of alkyl carbamates (subject to hydrolysis) is 1. The number of nitrogens with one attached hydrogen (secondary N) is 1. The fourth-order valence-corrected chi connectivity index (χ4v) is 3.23. The van der Waals surface area contributed by atoms with Gasteiger partial charge in [-0.3, -0.25) is 0 Å². The Morgan fingerprint density at radius 3 is 2.63 bits per heavy atom. The van der Waals surface area contributed by atoms with Crippen molar-refractivity contribution < 1.29 is 32.2 Å². The van der Waals surface area contributed by atoms with Gasteiger partial charge in [-0.25, -0.2) is 27.6 Å². The minimum absolute atomic E-state index is 0.00213. The van der Waals surface area contributed by atoms with Crippen molar-refractivity contribution >= 4 is 22.1 Å². The predicted octanol–water partition coefficient (Wildman–Crippen LogP) is 2.12. The van der Waals surface area contributed by atoms with Gasteiger partial charge >= 0.3 is 12.1 Å². The monoisotopic (exact) mass is 400 g/mol. The molecule has 9 nitrogen and oxygen atoms in total. The van der Waals surface area contributed by atoms with E-state index in [9.17, 15) is 18.0 Å². The van der Waals surface area contributed by atoms with Gasteiger partial charge in [0.15, 0.2) is 17.6 Å². The molecule has 1 heterocycles. The summed E-state index contributed by atoms with van der Waals surface area (Å²) < 4.78 is 40.2. The summed E-state index contributed by atoms with van der Waals surface area (Å²) in [5.74, 6) is 1.14. The van der Waals surface area contributed by atoms with Gasteiger partial charge in [0.05, 0.1) is 6.26 Å². The summed E-state index contributed by atoms with van der Waals surface area (Å²) >= 11 is 0. The van der Waals surface area contributed by atoms with Gasteiger partial charge in [-0.1, -0.05) is 31.9 Å². The number of hydrogen-bond acceptors (Lipinski definition) is 7. The molecule has 27 heavy (non-hydrogen) atoms. The Morgan fingerprint density at radius 1 is 1.26 bits per heavy atom. The first-order chi connectivity index (χ1) is 12.8. The van der Waals surface area contributed by atoms with Crippen molar-refractivity contribution in [3.63, 3.8) is 0 Å². The molecule has 1 aliphatic rings. The van der Waals surface area contributed by atoms with Crippen molar-refractivity contribution in [2.75, 3.05) is 26.0 Å². The van der Waals surface area contributed by atoms with E-state index in [1.54, 1.807) is 18.2 Å². The summed E-state index contributed by atoms with van der Waals surface area (Å²) in [6.45, 7) is 1.99. The van der Waals surface area contributed by atoms with Crippen LogP contribution in [-0.4, -0.2) is 57.0 Å². The number of ether oxygens (including phenoxy) is 3. The number of hydrogen-bond donors (Lipinski definition) is 1. The molecule has 0 saturated heterocycles. The average Bonchev–Trinajstić information content (AvgIpc) is 2.62. The fourth-order valence-electron chi connectivity index (χ4n) is 2.42. The summed E-state index contributed by atoms with van der Waals surface area (Å²) in [5, 5.41) is 1.92. The molecule has 0 spiro atoms. The van der Waals surface area contributed by atoms with Crippen LogP contribution in [0.5, 0.6) is 11.5 Å². The molecule has 2 rings (SSSR count). The SMILES string of the molecule is CCCCCN(C(=O)NC(=O)OC[C@@H]1COc2ccccc2O1)S(C)(=O)=O. The molecule has 1 aliphatic heterocycles. The van der Waals surface area contributed by atoms with Gasteiger partial charge in [0.2, 0.25) is 10.0 Å². The van der Waals surface area contributed by atoms with Crippen molar-refractivity contribution in [1.82, 2.24) is 9.62 Å². The van der Waals surface area contributed by atoms with E-state index in [4.69, 9.17) is 14.2 Å². The molecule has 0 bridgehead atoms. The Balaban J connectivity index is 1.82. The van der Waals surface area contributed by atoms with Gasteiger partial charge in [0.25, 0.3) is 0 Å². The van der Waals surface area contributed by atoms with Crippen molar-refractivity contribution in [3.05, 3.63) is 24.3 Å². The Kier molecular flexibility index (Phi) is 7.28. The van der Waals surface area contributed by atoms with E-state index < -0.39 is 28.3 Å². The third-order valence-electron chi connectivity index (χ3n) is 3.77. The van der Waals surface area contributed by atoms with Crippen LogP contribution in [-0.2, 0) is 14.8 Å². The lowest BCUT2D eigenvalue weighted by Crippen LogP contribution is -2.47. The number of carbonyl (C=O) groups excluding carboxylic acids is 2. The van der Waals surface area contributed by atoms with Gasteiger partial charge in [-0.05, 0) is 18.6 Å². The van der Waals surface area contributed by atoms with Crippen molar-refractivity contribution in [2.45, 2.75) is 32.3 Å². The first kappa shape index (κ1) is 20.8. The molecule has 1 aromatic rings. The van der Waals surface area contributed by atoms with Crippen molar-refractivity contribution in [1.29, 1.82) is 0 Å². The lowest BCUT2D eigenvalue weighted by atomic mass is 10.2. The summed E-state index contributed by atoms with van der Waals surface area (Å²) in [7, 11) is -3.79. The summed E-state index contributed by atoms with van der Waals surface area (Å²) in [4.78, 5) is 23.9. The first-order valence-corrected chi connectivity index (χ1v) is 10.5. The topological polar surface area (TPSA) is 111 Å². The molecule has 0 fully saturated rings. The van der Waals surface area contributed by atoms with Crippen LogP contribution in [0.1, 0.15) is 26.2 Å². The van der Waals surface area contributed by atoms with Gasteiger partial charge in [0.1, 0.15) is 13.2 Å². The molecule has 0 radical (unpaired) electrons. The van der Waals surface area contributed by atoms with E-state index in [-0.39, 0.29) is 19.8 Å². The normalized spacial score (nSPS) is 15.7. The van der Waals surface area contributed by atoms with Crippen molar-refractivity contribution in [2.24, 2.45) is 0 Å². The molecule has 3 amide bonds. The zero-order valence-electron chi connectivity index (χ0n) is 15.3. The molecule has 0 saturated carbocycles. The smallest absolute Gasteiger partial charge is 0.415 e. The fraction of sp³-hybridized carbons (Fsp3) is 0.529. The zero-order chi connectivity index (χ0) is 19.9. The lowest BCUT2D eigenvalue weighted by molar-refractivity contribution is 0.0341. The Hall–Kier alpha value is -2.49. The second-order valence-corrected chi connectivity index (χ2v) is 7.98. The molecule has 1 atom stereocenters. The van der Waals surface area contributed by atoms with Gasteiger partial charge in [0, 0.05) is 6.54 Å². The van der Waals surface area contributed by atoms with Gasteiger partial charge in [-0.15, -0.1) is 0 Å². The highest BCUT2D eigenvalue weighted by molar-refractivity contribution is 7.88. The Bertz CT molecular complexity index is 766. The van der Waals surface area contributed by atoms with Gasteiger partial charge in [-0.2, -0.15) is 0 Å². The molecule has 0 aromatic heterocycles. The van der Waals surface area contributed by atoms with Crippen LogP contribution in [0.3, 0.4) is 0 Å². The first-order valence-electron chi connectivity index (χ1n) is 8.65. The van der Waals surface area contributed by atoms with E-state index in [1.165, 1.54) is 0 Å². The lowest BCUT2D eigenvalue weighted by Gasteiger charge is -2.26. The number of urea groups is 1. The zero-order valence-corrected chi connectivity index (χ0v) is 16.2. The molecular weight excluding hydrogens is 376 g/mol. The number of rotatable bonds is 7. The number of nitrogens with zero attached hydrogens (tertiary/aromatic N) is 1. The van der Waals surface area contributed by atoms with E-state index in [2.05, 4.69) is 0 Å². The standard InChI is InChI=1S/C17H24N2O7S/c1-3-4-7-10-19(27(2,22)23)16(20)18-17(21)25-12-13-11-24-14-8-5-6-9-15(14)26-13/h5-6,8-9,13H,3-4,7,10-12H2,1-2H3,(H,18,20,21)/t13-/m0/s1. The quantitative estimate of drug-likeness (QED) is 0.698. The molecule has 150 valence electrons. The number of imide groups is 1. The van der Waals surface area contributed by atoms with E-state index in [0.717, 1.165) is 19.1 Å². The van der Waals surface area contributed by atoms with E-state index >= 15 is 0 Å². The molecule has 1 N–H and O–H groups in total. The second-order valence-electron chi connectivity index (χ2n) is 6.07. The number of carbonyl (C=O) groups is 2. The minimum Gasteiger partial charge on any atom is -0.486 e. The maximum atomic E-state index is 12.1. The van der Waals surface area contributed by atoms with Crippen LogP contribution in [0, 0.1) is 0 Å². The largest absolute Gasteiger partial charge is 0.486 e. The highest BCUT2D eigenvalue weighted by Gasteiger charge is 2.26. The van der Waals surface area contributed by atoms with Crippen LogP contribution in [0.15, 0.2) is 24.3 Å². The molecule has 0 unspecified atom stereocenters. The molecule has 1 aromatic carbocycles. The van der Waals surface area contributed by atoms with E-state index in [1.807, 2.05) is 18.3 Å². The number of benzene rings is 1. The summed E-state index contributed by atoms with van der Waals surface area (Å²) in [5.41, 5.74) is 0. The Labute approximate surface area is 158 Å². The third kappa shape index (κ3) is 6.31.